The number of para-hydroxylation sites is 2. The van der Waals surface area contributed by atoms with Gasteiger partial charge in [0.1, 0.15) is 12.1 Å². The van der Waals surface area contributed by atoms with Gasteiger partial charge in [0.15, 0.2) is 0 Å². The van der Waals surface area contributed by atoms with Gasteiger partial charge in [-0.15, -0.1) is 0 Å². The van der Waals surface area contributed by atoms with Gasteiger partial charge >= 0.3 is 0 Å². The molecule has 5 rings (SSSR count). The summed E-state index contributed by atoms with van der Waals surface area (Å²) in [5.74, 6) is -0.106. The van der Waals surface area contributed by atoms with E-state index < -0.39 is 5.91 Å². The fourth-order valence-corrected chi connectivity index (χ4v) is 4.09. The Bertz CT molecular complexity index is 1560. The molecule has 0 saturated carbocycles. The van der Waals surface area contributed by atoms with E-state index in [1.165, 1.54) is 6.33 Å². The Morgan fingerprint density at radius 1 is 0.941 bits per heavy atom. The molecule has 8 nitrogen and oxygen atoms in total. The minimum absolute atomic E-state index is 0.164. The van der Waals surface area contributed by atoms with Crippen LogP contribution >= 0.6 is 0 Å². The highest BCUT2D eigenvalue weighted by Gasteiger charge is 2.14. The predicted molar refractivity (Wildman–Crippen MR) is 133 cm³/mol. The molecule has 0 radical (unpaired) electrons. The number of hydrogen-bond donors (Lipinski definition) is 3. The van der Waals surface area contributed by atoms with Gasteiger partial charge in [0.05, 0.1) is 16.6 Å². The highest BCUT2D eigenvalue weighted by molar-refractivity contribution is 6.13. The molecule has 8 heteroatoms. The first-order valence-corrected chi connectivity index (χ1v) is 10.7. The van der Waals surface area contributed by atoms with Crippen molar-refractivity contribution < 1.29 is 9.59 Å². The molecule has 0 aliphatic carbocycles. The summed E-state index contributed by atoms with van der Waals surface area (Å²) in [7, 11) is 1.93. The zero-order valence-corrected chi connectivity index (χ0v) is 18.4. The average Bonchev–Trinajstić information content (AvgIpc) is 3.19. The Morgan fingerprint density at radius 3 is 2.59 bits per heavy atom. The molecular formula is C26H22N6O2. The summed E-state index contributed by atoms with van der Waals surface area (Å²) in [6, 6.07) is 20.7. The lowest BCUT2D eigenvalue weighted by atomic mass is 10.1. The molecule has 34 heavy (non-hydrogen) atoms. The summed E-state index contributed by atoms with van der Waals surface area (Å²) in [6.07, 6.45) is 3.24. The maximum atomic E-state index is 13.0. The zero-order valence-electron chi connectivity index (χ0n) is 18.4. The molecule has 0 saturated heterocycles. The van der Waals surface area contributed by atoms with Crippen LogP contribution in [0.5, 0.6) is 0 Å². The minimum Gasteiger partial charge on any atom is -0.366 e. The van der Waals surface area contributed by atoms with Gasteiger partial charge < -0.3 is 20.9 Å². The van der Waals surface area contributed by atoms with Crippen LogP contribution in [0, 0.1) is 0 Å². The number of nitrogens with two attached hydrogens (primary N) is 1. The number of carbonyl (C=O) groups is 2. The lowest BCUT2D eigenvalue weighted by Gasteiger charge is -2.11. The van der Waals surface area contributed by atoms with Crippen molar-refractivity contribution in [1.82, 2.24) is 14.5 Å². The zero-order chi connectivity index (χ0) is 23.7. The van der Waals surface area contributed by atoms with E-state index in [9.17, 15) is 9.59 Å². The average molecular weight is 451 g/mol. The Hall–Kier alpha value is -4.72. The van der Waals surface area contributed by atoms with E-state index in [1.54, 1.807) is 12.1 Å². The van der Waals surface area contributed by atoms with Crippen molar-refractivity contribution in [3.8, 4) is 0 Å². The second kappa shape index (κ2) is 8.67. The number of benzene rings is 3. The molecule has 0 fully saturated rings. The van der Waals surface area contributed by atoms with Gasteiger partial charge in [-0.3, -0.25) is 9.59 Å². The highest BCUT2D eigenvalue weighted by Crippen LogP contribution is 2.24. The smallest absolute Gasteiger partial charge is 0.257 e. The molecule has 0 aliphatic rings. The van der Waals surface area contributed by atoms with Crippen molar-refractivity contribution in [2.75, 3.05) is 10.6 Å². The molecule has 168 valence electrons. The van der Waals surface area contributed by atoms with E-state index in [0.717, 1.165) is 16.5 Å². The molecule has 2 amide bonds. The van der Waals surface area contributed by atoms with E-state index in [2.05, 4.69) is 20.6 Å². The molecular weight excluding hydrogens is 428 g/mol. The Morgan fingerprint density at radius 2 is 1.74 bits per heavy atom. The van der Waals surface area contributed by atoms with Crippen LogP contribution in [0.1, 0.15) is 26.3 Å². The highest BCUT2D eigenvalue weighted by atomic mass is 16.2. The van der Waals surface area contributed by atoms with Crippen LogP contribution in [0.3, 0.4) is 0 Å². The Labute approximate surface area is 195 Å². The van der Waals surface area contributed by atoms with E-state index in [4.69, 9.17) is 5.73 Å². The Balaban J connectivity index is 1.35. The quantitative estimate of drug-likeness (QED) is 0.361. The summed E-state index contributed by atoms with van der Waals surface area (Å²) in [6.45, 7) is 0.463. The number of carbonyl (C=O) groups excluding carboxylic acids is 2. The number of fused-ring (bicyclic) bond motifs is 2. The van der Waals surface area contributed by atoms with Crippen molar-refractivity contribution in [3.05, 3.63) is 95.9 Å². The lowest BCUT2D eigenvalue weighted by Crippen LogP contribution is -2.13. The molecule has 2 heterocycles. The van der Waals surface area contributed by atoms with Crippen LogP contribution < -0.4 is 16.4 Å². The molecule has 2 aromatic heterocycles. The van der Waals surface area contributed by atoms with E-state index in [1.807, 2.05) is 72.4 Å². The largest absolute Gasteiger partial charge is 0.366 e. The second-order valence-corrected chi connectivity index (χ2v) is 7.97. The number of aryl methyl sites for hydroxylation is 1. The summed E-state index contributed by atoms with van der Waals surface area (Å²) >= 11 is 0. The molecule has 5 aromatic rings. The number of hydrogen-bond acceptors (Lipinski definition) is 5. The molecule has 0 bridgehead atoms. The SMILES string of the molecule is Cn1cc(C(=O)Nc2cccc(CNc3ncnc4c(C(N)=O)cccc34)c2)c2ccccc21. The Kier molecular flexibility index (Phi) is 5.39. The molecule has 0 atom stereocenters. The molecule has 0 unspecified atom stereocenters. The van der Waals surface area contributed by atoms with E-state index >= 15 is 0 Å². The van der Waals surface area contributed by atoms with Gasteiger partial charge in [-0.2, -0.15) is 0 Å². The van der Waals surface area contributed by atoms with Crippen molar-refractivity contribution in [2.45, 2.75) is 6.54 Å². The van der Waals surface area contributed by atoms with Crippen molar-refractivity contribution in [2.24, 2.45) is 12.8 Å². The van der Waals surface area contributed by atoms with Crippen LogP contribution in [-0.2, 0) is 13.6 Å². The third-order valence-electron chi connectivity index (χ3n) is 5.72. The van der Waals surface area contributed by atoms with Gasteiger partial charge in [0, 0.05) is 41.8 Å². The maximum Gasteiger partial charge on any atom is 0.257 e. The minimum atomic E-state index is -0.537. The molecule has 0 spiro atoms. The van der Waals surface area contributed by atoms with Crippen LogP contribution in [0.15, 0.2) is 79.3 Å². The molecule has 4 N–H and O–H groups in total. The van der Waals surface area contributed by atoms with Gasteiger partial charge in [-0.1, -0.05) is 36.4 Å². The number of primary amides is 1. The van der Waals surface area contributed by atoms with Gasteiger partial charge in [-0.05, 0) is 35.9 Å². The van der Waals surface area contributed by atoms with Crippen molar-refractivity contribution in [3.63, 3.8) is 0 Å². The number of nitrogens with zero attached hydrogens (tertiary/aromatic N) is 3. The number of rotatable bonds is 6. The van der Waals surface area contributed by atoms with Crippen molar-refractivity contribution in [1.29, 1.82) is 0 Å². The molecule has 3 aromatic carbocycles. The summed E-state index contributed by atoms with van der Waals surface area (Å²) in [4.78, 5) is 33.2. The van der Waals surface area contributed by atoms with E-state index in [-0.39, 0.29) is 5.91 Å². The van der Waals surface area contributed by atoms with Crippen LogP contribution in [-0.4, -0.2) is 26.3 Å². The fraction of sp³-hybridized carbons (Fsp3) is 0.0769. The maximum absolute atomic E-state index is 13.0. The van der Waals surface area contributed by atoms with Gasteiger partial charge in [0.2, 0.25) is 0 Å². The lowest BCUT2D eigenvalue weighted by molar-refractivity contribution is 0.0999. The van der Waals surface area contributed by atoms with Crippen LogP contribution in [0.25, 0.3) is 21.8 Å². The monoisotopic (exact) mass is 450 g/mol. The first-order valence-electron chi connectivity index (χ1n) is 10.7. The van der Waals surface area contributed by atoms with Crippen LogP contribution in [0.4, 0.5) is 11.5 Å². The summed E-state index contributed by atoms with van der Waals surface area (Å²) in [5.41, 5.74) is 9.60. The predicted octanol–water partition coefficient (Wildman–Crippen LogP) is 4.08. The third-order valence-corrected chi connectivity index (χ3v) is 5.72. The number of aromatic nitrogens is 3. The normalized spacial score (nSPS) is 11.0. The topological polar surface area (TPSA) is 115 Å². The van der Waals surface area contributed by atoms with E-state index in [0.29, 0.717) is 40.1 Å². The second-order valence-electron chi connectivity index (χ2n) is 7.97. The van der Waals surface area contributed by atoms with Gasteiger partial charge in [0.25, 0.3) is 11.8 Å². The summed E-state index contributed by atoms with van der Waals surface area (Å²) in [5, 5.41) is 7.90. The first-order chi connectivity index (χ1) is 16.5. The summed E-state index contributed by atoms with van der Waals surface area (Å²) < 4.78 is 1.94. The van der Waals surface area contributed by atoms with Crippen molar-refractivity contribution >= 4 is 45.1 Å². The molecule has 0 aliphatic heterocycles. The number of anilines is 2. The third kappa shape index (κ3) is 3.93. The number of nitrogens with one attached hydrogen (secondary N) is 2. The van der Waals surface area contributed by atoms with Crippen LogP contribution in [0.2, 0.25) is 0 Å². The fourth-order valence-electron chi connectivity index (χ4n) is 4.09. The van der Waals surface area contributed by atoms with Gasteiger partial charge in [-0.25, -0.2) is 9.97 Å². The number of amides is 2. The standard InChI is InChI=1S/C26H22N6O2/c1-32-14-21(18-8-2-3-11-22(18)32)26(34)31-17-7-4-6-16(12-17)13-28-25-20-10-5-9-19(24(27)33)23(20)29-15-30-25/h2-12,14-15H,13H2,1H3,(H2,27,33)(H,31,34)(H,28,29,30). The first kappa shape index (κ1) is 21.1.